The van der Waals surface area contributed by atoms with Crippen molar-refractivity contribution in [1.82, 2.24) is 15.0 Å². The first-order valence-electron chi connectivity index (χ1n) is 6.30. The molecule has 2 aromatic heterocycles. The molecule has 0 spiro atoms. The number of benzene rings is 1. The van der Waals surface area contributed by atoms with Gasteiger partial charge in [0.15, 0.2) is 5.82 Å². The second-order valence-corrected chi connectivity index (χ2v) is 4.43. The van der Waals surface area contributed by atoms with Gasteiger partial charge in [0.2, 0.25) is 0 Å². The fourth-order valence-corrected chi connectivity index (χ4v) is 2.15. The quantitative estimate of drug-likeness (QED) is 0.636. The van der Waals surface area contributed by atoms with Crippen molar-refractivity contribution in [2.45, 2.75) is 6.42 Å². The molecule has 1 aromatic carbocycles. The van der Waals surface area contributed by atoms with E-state index in [0.29, 0.717) is 29.9 Å². The van der Waals surface area contributed by atoms with Crippen LogP contribution in [-0.2, 0) is 6.42 Å². The van der Waals surface area contributed by atoms with Crippen LogP contribution in [-0.4, -0.2) is 21.5 Å². The number of hydrogen-bond donors (Lipinski definition) is 3. The third-order valence-electron chi connectivity index (χ3n) is 3.10. The molecule has 20 heavy (non-hydrogen) atoms. The first-order chi connectivity index (χ1) is 9.75. The number of fused-ring (bicyclic) bond motifs is 1. The lowest BCUT2D eigenvalue weighted by Crippen LogP contribution is -2.09. The van der Waals surface area contributed by atoms with Crippen LogP contribution in [0.2, 0.25) is 0 Å². The summed E-state index contributed by atoms with van der Waals surface area (Å²) in [6.07, 6.45) is 5.75. The minimum absolute atomic E-state index is 0.376. The van der Waals surface area contributed by atoms with E-state index < -0.39 is 5.82 Å². The van der Waals surface area contributed by atoms with E-state index in [9.17, 15) is 4.39 Å². The molecule has 0 amide bonds. The molecule has 3 rings (SSSR count). The van der Waals surface area contributed by atoms with Crippen molar-refractivity contribution < 1.29 is 4.39 Å². The van der Waals surface area contributed by atoms with Gasteiger partial charge in [-0.25, -0.2) is 9.37 Å². The number of aromatic nitrogens is 3. The molecular weight excluding hydrogens is 257 g/mol. The highest BCUT2D eigenvalue weighted by molar-refractivity contribution is 5.98. The Labute approximate surface area is 115 Å². The summed E-state index contributed by atoms with van der Waals surface area (Å²) in [5.74, 6) is 0.457. The largest absolute Gasteiger partial charge is 0.398 e. The van der Waals surface area contributed by atoms with E-state index in [-0.39, 0.29) is 0 Å². The number of imidazole rings is 1. The molecule has 0 saturated carbocycles. The van der Waals surface area contributed by atoms with Crippen LogP contribution in [0.15, 0.2) is 36.8 Å². The van der Waals surface area contributed by atoms with Crippen LogP contribution in [0.4, 0.5) is 15.8 Å². The molecule has 0 aliphatic carbocycles. The number of aromatic amines is 1. The SMILES string of the molecule is Nc1cc(F)c(NCCc2ncc[nH]2)c2ncccc12. The Morgan fingerprint density at radius 1 is 1.30 bits per heavy atom. The Morgan fingerprint density at radius 2 is 2.20 bits per heavy atom. The van der Waals surface area contributed by atoms with Crippen molar-refractivity contribution in [2.24, 2.45) is 0 Å². The molecule has 6 heteroatoms. The van der Waals surface area contributed by atoms with Crippen LogP contribution in [0.5, 0.6) is 0 Å². The van der Waals surface area contributed by atoms with Gasteiger partial charge in [-0.05, 0) is 18.2 Å². The van der Waals surface area contributed by atoms with Gasteiger partial charge < -0.3 is 16.0 Å². The van der Waals surface area contributed by atoms with Gasteiger partial charge >= 0.3 is 0 Å². The van der Waals surface area contributed by atoms with E-state index in [4.69, 9.17) is 5.73 Å². The summed E-state index contributed by atoms with van der Waals surface area (Å²) in [5.41, 5.74) is 7.12. The number of rotatable bonds is 4. The minimum Gasteiger partial charge on any atom is -0.398 e. The third-order valence-corrected chi connectivity index (χ3v) is 3.10. The number of nitrogens with one attached hydrogen (secondary N) is 2. The molecule has 0 atom stereocenters. The topological polar surface area (TPSA) is 79.6 Å². The summed E-state index contributed by atoms with van der Waals surface area (Å²) < 4.78 is 14.0. The lowest BCUT2D eigenvalue weighted by Gasteiger charge is -2.11. The Balaban J connectivity index is 1.87. The highest BCUT2D eigenvalue weighted by Crippen LogP contribution is 2.29. The number of halogens is 1. The number of anilines is 2. The maximum Gasteiger partial charge on any atom is 0.150 e. The molecule has 0 radical (unpaired) electrons. The van der Waals surface area contributed by atoms with Crippen molar-refractivity contribution in [2.75, 3.05) is 17.6 Å². The number of hydrogen-bond acceptors (Lipinski definition) is 4. The van der Waals surface area contributed by atoms with E-state index in [0.717, 1.165) is 11.2 Å². The highest BCUT2D eigenvalue weighted by atomic mass is 19.1. The zero-order valence-corrected chi connectivity index (χ0v) is 10.7. The lowest BCUT2D eigenvalue weighted by molar-refractivity contribution is 0.632. The molecule has 102 valence electrons. The number of nitrogen functional groups attached to an aromatic ring is 1. The summed E-state index contributed by atoms with van der Waals surface area (Å²) in [6, 6.07) is 4.93. The van der Waals surface area contributed by atoms with E-state index in [1.165, 1.54) is 6.07 Å². The smallest absolute Gasteiger partial charge is 0.150 e. The van der Waals surface area contributed by atoms with Gasteiger partial charge in [-0.1, -0.05) is 0 Å². The molecule has 0 aliphatic heterocycles. The van der Waals surface area contributed by atoms with E-state index in [2.05, 4.69) is 20.3 Å². The summed E-state index contributed by atoms with van der Waals surface area (Å²) >= 11 is 0. The zero-order chi connectivity index (χ0) is 13.9. The number of pyridine rings is 1. The van der Waals surface area contributed by atoms with E-state index in [1.807, 2.05) is 6.07 Å². The fourth-order valence-electron chi connectivity index (χ4n) is 2.15. The molecule has 0 aliphatic rings. The third kappa shape index (κ3) is 2.27. The summed E-state index contributed by atoms with van der Waals surface area (Å²) in [4.78, 5) is 11.3. The predicted molar refractivity (Wildman–Crippen MR) is 76.9 cm³/mol. The molecule has 0 saturated heterocycles. The second-order valence-electron chi connectivity index (χ2n) is 4.43. The van der Waals surface area contributed by atoms with Gasteiger partial charge in [0.25, 0.3) is 0 Å². The molecule has 2 heterocycles. The molecule has 0 unspecified atom stereocenters. The molecule has 4 N–H and O–H groups in total. The minimum atomic E-state index is -0.395. The monoisotopic (exact) mass is 271 g/mol. The van der Waals surface area contributed by atoms with Crippen LogP contribution in [0.1, 0.15) is 5.82 Å². The van der Waals surface area contributed by atoms with Crippen molar-refractivity contribution in [3.63, 3.8) is 0 Å². The van der Waals surface area contributed by atoms with Crippen LogP contribution in [0.25, 0.3) is 10.9 Å². The van der Waals surface area contributed by atoms with Gasteiger partial charge in [-0.3, -0.25) is 4.98 Å². The van der Waals surface area contributed by atoms with Gasteiger partial charge in [0.1, 0.15) is 5.82 Å². The summed E-state index contributed by atoms with van der Waals surface area (Å²) in [7, 11) is 0. The standard InChI is InChI=1S/C14H14FN5/c15-10-8-11(16)9-2-1-4-19-13(9)14(10)20-5-3-12-17-6-7-18-12/h1-2,4,6-8,20H,3,5,16H2,(H,17,18). The van der Waals surface area contributed by atoms with Crippen molar-refractivity contribution >= 4 is 22.3 Å². The van der Waals surface area contributed by atoms with Gasteiger partial charge in [-0.2, -0.15) is 0 Å². The second kappa shape index (κ2) is 5.16. The maximum absolute atomic E-state index is 14.0. The van der Waals surface area contributed by atoms with Crippen molar-refractivity contribution in [3.8, 4) is 0 Å². The lowest BCUT2D eigenvalue weighted by atomic mass is 10.1. The van der Waals surface area contributed by atoms with Gasteiger partial charge in [0, 0.05) is 42.6 Å². The van der Waals surface area contributed by atoms with Crippen molar-refractivity contribution in [1.29, 1.82) is 0 Å². The first-order valence-corrected chi connectivity index (χ1v) is 6.30. The number of nitrogens with zero attached hydrogens (tertiary/aromatic N) is 2. The highest BCUT2D eigenvalue weighted by Gasteiger charge is 2.11. The van der Waals surface area contributed by atoms with Crippen molar-refractivity contribution in [3.05, 3.63) is 48.4 Å². The first kappa shape index (κ1) is 12.4. The zero-order valence-electron chi connectivity index (χ0n) is 10.7. The van der Waals surface area contributed by atoms with E-state index in [1.54, 1.807) is 24.7 Å². The fraction of sp³-hybridized carbons (Fsp3) is 0.143. The summed E-state index contributed by atoms with van der Waals surface area (Å²) in [5, 5.41) is 3.81. The predicted octanol–water partition coefficient (Wildman–Crippen LogP) is 2.33. The average molecular weight is 271 g/mol. The average Bonchev–Trinajstić information content (AvgIpc) is 2.96. The Morgan fingerprint density at radius 3 is 3.00 bits per heavy atom. The van der Waals surface area contributed by atoms with Crippen LogP contribution >= 0.6 is 0 Å². The number of H-pyrrole nitrogens is 1. The molecule has 5 nitrogen and oxygen atoms in total. The molecule has 0 fully saturated rings. The summed E-state index contributed by atoms with van der Waals surface area (Å²) in [6.45, 7) is 0.556. The Bertz CT molecular complexity index is 724. The van der Waals surface area contributed by atoms with Gasteiger partial charge in [-0.15, -0.1) is 0 Å². The van der Waals surface area contributed by atoms with Crippen LogP contribution in [0.3, 0.4) is 0 Å². The number of nitrogens with two attached hydrogens (primary N) is 1. The normalized spacial score (nSPS) is 10.8. The van der Waals surface area contributed by atoms with Crippen LogP contribution in [0, 0.1) is 5.82 Å². The van der Waals surface area contributed by atoms with Crippen LogP contribution < -0.4 is 11.1 Å². The van der Waals surface area contributed by atoms with Gasteiger partial charge in [0.05, 0.1) is 11.2 Å². The molecular formula is C14H14FN5. The Kier molecular flexibility index (Phi) is 3.20. The Hall–Kier alpha value is -2.63. The molecule has 0 bridgehead atoms. The van der Waals surface area contributed by atoms with E-state index >= 15 is 0 Å². The molecule has 3 aromatic rings. The maximum atomic E-state index is 14.0.